The van der Waals surface area contributed by atoms with E-state index in [1.807, 2.05) is 35.9 Å². The van der Waals surface area contributed by atoms with Crippen molar-refractivity contribution < 1.29 is 4.74 Å². The monoisotopic (exact) mass is 390 g/mol. The maximum Gasteiger partial charge on any atom is 0.191 e. The predicted molar refractivity (Wildman–Crippen MR) is 94.5 cm³/mol. The molecule has 0 spiro atoms. The molecule has 0 unspecified atom stereocenters. The largest absolute Gasteiger partial charge is 0.496 e. The Bertz CT molecular complexity index is 807. The van der Waals surface area contributed by atoms with Crippen LogP contribution in [0, 0.1) is 0 Å². The Hall–Kier alpha value is -1.86. The van der Waals surface area contributed by atoms with Gasteiger partial charge in [-0.3, -0.25) is 4.98 Å². The lowest BCUT2D eigenvalue weighted by molar-refractivity contribution is 0.411. The van der Waals surface area contributed by atoms with E-state index >= 15 is 0 Å². The Balaban J connectivity index is 1.80. The van der Waals surface area contributed by atoms with Gasteiger partial charge in [-0.15, -0.1) is 10.2 Å². The third-order valence-electron chi connectivity index (χ3n) is 3.35. The van der Waals surface area contributed by atoms with Crippen molar-refractivity contribution in [3.05, 3.63) is 52.8 Å². The van der Waals surface area contributed by atoms with Gasteiger partial charge in [0.05, 0.1) is 7.11 Å². The van der Waals surface area contributed by atoms with Crippen molar-refractivity contribution in [2.24, 2.45) is 7.05 Å². The van der Waals surface area contributed by atoms with Crippen molar-refractivity contribution in [3.8, 4) is 17.1 Å². The zero-order valence-electron chi connectivity index (χ0n) is 12.7. The van der Waals surface area contributed by atoms with E-state index in [1.165, 1.54) is 0 Å². The molecule has 2 aromatic heterocycles. The molecule has 0 bridgehead atoms. The number of rotatable bonds is 5. The normalized spacial score (nSPS) is 10.7. The van der Waals surface area contributed by atoms with Gasteiger partial charge in [-0.25, -0.2) is 0 Å². The van der Waals surface area contributed by atoms with Gasteiger partial charge in [-0.1, -0.05) is 27.7 Å². The van der Waals surface area contributed by atoms with Crippen LogP contribution >= 0.6 is 27.7 Å². The number of ether oxygens (including phenoxy) is 1. The molecule has 3 aromatic rings. The van der Waals surface area contributed by atoms with Crippen LogP contribution in [0.3, 0.4) is 0 Å². The van der Waals surface area contributed by atoms with Gasteiger partial charge in [0.1, 0.15) is 5.75 Å². The van der Waals surface area contributed by atoms with Crippen LogP contribution in [0.1, 0.15) is 5.56 Å². The number of nitrogens with zero attached hydrogens (tertiary/aromatic N) is 4. The molecule has 0 amide bonds. The lowest BCUT2D eigenvalue weighted by Crippen LogP contribution is -1.96. The fourth-order valence-corrected chi connectivity index (χ4v) is 3.49. The molecule has 0 saturated carbocycles. The Morgan fingerprint density at radius 2 is 2.13 bits per heavy atom. The third-order valence-corrected chi connectivity index (χ3v) is 4.92. The molecule has 0 aliphatic carbocycles. The SMILES string of the molecule is COc1ccc(Br)cc1CSc1nnc(-c2cccnc2)n1C. The summed E-state index contributed by atoms with van der Waals surface area (Å²) >= 11 is 5.12. The van der Waals surface area contributed by atoms with Gasteiger partial charge in [0.25, 0.3) is 0 Å². The summed E-state index contributed by atoms with van der Waals surface area (Å²) in [5.74, 6) is 2.43. The Kier molecular flexibility index (Phi) is 4.97. The van der Waals surface area contributed by atoms with Crippen LogP contribution in [0.15, 0.2) is 52.4 Å². The molecular weight excluding hydrogens is 376 g/mol. The zero-order valence-corrected chi connectivity index (χ0v) is 15.1. The molecule has 23 heavy (non-hydrogen) atoms. The van der Waals surface area contributed by atoms with Crippen molar-refractivity contribution in [1.82, 2.24) is 19.7 Å². The molecule has 5 nitrogen and oxygen atoms in total. The number of thioether (sulfide) groups is 1. The van der Waals surface area contributed by atoms with Crippen LogP contribution in [0.25, 0.3) is 11.4 Å². The summed E-state index contributed by atoms with van der Waals surface area (Å²) in [4.78, 5) is 4.13. The number of methoxy groups -OCH3 is 1. The van der Waals surface area contributed by atoms with E-state index < -0.39 is 0 Å². The number of halogens is 1. The molecule has 0 aliphatic rings. The van der Waals surface area contributed by atoms with E-state index in [0.717, 1.165) is 38.1 Å². The molecule has 7 heteroatoms. The quantitative estimate of drug-likeness (QED) is 0.617. The highest BCUT2D eigenvalue weighted by atomic mass is 79.9. The lowest BCUT2D eigenvalue weighted by Gasteiger charge is -2.08. The fourth-order valence-electron chi connectivity index (χ4n) is 2.19. The van der Waals surface area contributed by atoms with E-state index in [4.69, 9.17) is 4.74 Å². The first-order valence-electron chi connectivity index (χ1n) is 6.94. The number of hydrogen-bond acceptors (Lipinski definition) is 5. The Morgan fingerprint density at radius 1 is 1.26 bits per heavy atom. The number of benzene rings is 1. The summed E-state index contributed by atoms with van der Waals surface area (Å²) in [6.07, 6.45) is 3.53. The van der Waals surface area contributed by atoms with E-state index in [0.29, 0.717) is 0 Å². The summed E-state index contributed by atoms with van der Waals surface area (Å²) in [6.45, 7) is 0. The van der Waals surface area contributed by atoms with Gasteiger partial charge in [0.15, 0.2) is 11.0 Å². The van der Waals surface area contributed by atoms with Crippen molar-refractivity contribution in [3.63, 3.8) is 0 Å². The van der Waals surface area contributed by atoms with Crippen molar-refractivity contribution in [2.45, 2.75) is 10.9 Å². The van der Waals surface area contributed by atoms with Gasteiger partial charge in [-0.2, -0.15) is 0 Å². The predicted octanol–water partition coefficient (Wildman–Crippen LogP) is 3.94. The Labute approximate surface area is 147 Å². The topological polar surface area (TPSA) is 52.8 Å². The van der Waals surface area contributed by atoms with Crippen molar-refractivity contribution in [1.29, 1.82) is 0 Å². The minimum atomic E-state index is 0.752. The van der Waals surface area contributed by atoms with Gasteiger partial charge < -0.3 is 9.30 Å². The first-order valence-corrected chi connectivity index (χ1v) is 8.72. The standard InChI is InChI=1S/C16H15BrN4OS/c1-21-15(11-4-3-7-18-9-11)19-20-16(21)23-10-12-8-13(17)5-6-14(12)22-2/h3-9H,10H2,1-2H3. The molecule has 0 saturated heterocycles. The summed E-state index contributed by atoms with van der Waals surface area (Å²) in [6, 6.07) is 9.85. The fraction of sp³-hybridized carbons (Fsp3) is 0.188. The molecule has 0 fully saturated rings. The smallest absolute Gasteiger partial charge is 0.191 e. The highest BCUT2D eigenvalue weighted by Gasteiger charge is 2.12. The number of hydrogen-bond donors (Lipinski definition) is 0. The first-order chi connectivity index (χ1) is 11.2. The van der Waals surface area contributed by atoms with E-state index in [-0.39, 0.29) is 0 Å². The van der Waals surface area contributed by atoms with Gasteiger partial charge in [-0.05, 0) is 30.3 Å². The van der Waals surface area contributed by atoms with Gasteiger partial charge >= 0.3 is 0 Å². The molecule has 1 aromatic carbocycles. The lowest BCUT2D eigenvalue weighted by atomic mass is 10.2. The zero-order chi connectivity index (χ0) is 16.2. The molecule has 118 valence electrons. The van der Waals surface area contributed by atoms with E-state index in [2.05, 4.69) is 37.2 Å². The summed E-state index contributed by atoms with van der Waals surface area (Å²) in [7, 11) is 3.64. The van der Waals surface area contributed by atoms with Gasteiger partial charge in [0.2, 0.25) is 0 Å². The van der Waals surface area contributed by atoms with Crippen LogP contribution in [-0.2, 0) is 12.8 Å². The maximum atomic E-state index is 5.41. The molecule has 0 radical (unpaired) electrons. The minimum Gasteiger partial charge on any atom is -0.496 e. The average Bonchev–Trinajstić information content (AvgIpc) is 2.94. The van der Waals surface area contributed by atoms with E-state index in [9.17, 15) is 0 Å². The second-order valence-electron chi connectivity index (χ2n) is 4.85. The molecule has 3 rings (SSSR count). The maximum absolute atomic E-state index is 5.41. The third kappa shape index (κ3) is 3.56. The van der Waals surface area contributed by atoms with Crippen molar-refractivity contribution >= 4 is 27.7 Å². The molecular formula is C16H15BrN4OS. The van der Waals surface area contributed by atoms with Gasteiger partial charge in [0, 0.05) is 40.8 Å². The molecule has 0 aliphatic heterocycles. The summed E-state index contributed by atoms with van der Waals surface area (Å²) in [5, 5.41) is 9.40. The van der Waals surface area contributed by atoms with Crippen LogP contribution in [0.2, 0.25) is 0 Å². The molecule has 0 atom stereocenters. The number of pyridine rings is 1. The number of aromatic nitrogens is 4. The molecule has 2 heterocycles. The minimum absolute atomic E-state index is 0.752. The van der Waals surface area contributed by atoms with Crippen molar-refractivity contribution in [2.75, 3.05) is 7.11 Å². The van der Waals surface area contributed by atoms with Crippen LogP contribution < -0.4 is 4.74 Å². The summed E-state index contributed by atoms with van der Waals surface area (Å²) < 4.78 is 8.42. The first kappa shape index (κ1) is 16.0. The van der Waals surface area contributed by atoms with Crippen LogP contribution in [0.4, 0.5) is 0 Å². The van der Waals surface area contributed by atoms with Crippen LogP contribution in [-0.4, -0.2) is 26.9 Å². The second-order valence-corrected chi connectivity index (χ2v) is 6.71. The summed E-state index contributed by atoms with van der Waals surface area (Å²) in [5.41, 5.74) is 2.06. The highest BCUT2D eigenvalue weighted by Crippen LogP contribution is 2.30. The second kappa shape index (κ2) is 7.14. The van der Waals surface area contributed by atoms with Crippen LogP contribution in [0.5, 0.6) is 5.75 Å². The molecule has 0 N–H and O–H groups in total. The highest BCUT2D eigenvalue weighted by molar-refractivity contribution is 9.10. The Morgan fingerprint density at radius 3 is 2.87 bits per heavy atom. The average molecular weight is 391 g/mol. The van der Waals surface area contributed by atoms with E-state index in [1.54, 1.807) is 31.3 Å².